The Morgan fingerprint density at radius 2 is 1.84 bits per heavy atom. The van der Waals surface area contributed by atoms with E-state index in [1.807, 2.05) is 0 Å². The van der Waals surface area contributed by atoms with Crippen molar-refractivity contribution in [3.63, 3.8) is 0 Å². The van der Waals surface area contributed by atoms with Crippen LogP contribution in [0.2, 0.25) is 0 Å². The van der Waals surface area contributed by atoms with Crippen LogP contribution in [0.1, 0.15) is 43.0 Å². The zero-order chi connectivity index (χ0) is 14.8. The number of nitrogens with two attached hydrogens (primary N) is 1. The molecule has 0 aliphatic carbocycles. The average Bonchev–Trinajstić information content (AvgIpc) is 2.24. The lowest BCUT2D eigenvalue weighted by Crippen LogP contribution is -2.37. The van der Waals surface area contributed by atoms with Gasteiger partial charge in [-0.1, -0.05) is 6.07 Å². The summed E-state index contributed by atoms with van der Waals surface area (Å²) in [6.07, 6.45) is 0.889. The quantitative estimate of drug-likeness (QED) is 0.888. The molecule has 1 unspecified atom stereocenters. The minimum Gasteiger partial charge on any atom is -0.496 e. The Labute approximate surface area is 117 Å². The molecule has 0 saturated heterocycles. The number of hydrogen-bond donors (Lipinski definition) is 1. The van der Waals surface area contributed by atoms with Gasteiger partial charge >= 0.3 is 0 Å². The third-order valence-electron chi connectivity index (χ3n) is 3.39. The number of methoxy groups -OCH3 is 1. The van der Waals surface area contributed by atoms with Crippen molar-refractivity contribution in [3.05, 3.63) is 28.8 Å². The molecule has 1 aromatic carbocycles. The fraction of sp³-hybridized carbons (Fsp3) is 0.625. The summed E-state index contributed by atoms with van der Waals surface area (Å²) < 4.78 is 5.59. The minimum absolute atomic E-state index is 0.211. The second kappa shape index (κ2) is 5.93. The molecule has 3 nitrogen and oxygen atoms in total. The van der Waals surface area contributed by atoms with E-state index in [0.717, 1.165) is 12.2 Å². The number of hydrogen-bond acceptors (Lipinski definition) is 3. The highest BCUT2D eigenvalue weighted by atomic mass is 16.5. The van der Waals surface area contributed by atoms with Crippen LogP contribution >= 0.6 is 0 Å². The Balaban J connectivity index is 3.30. The number of rotatable bonds is 5. The van der Waals surface area contributed by atoms with Crippen LogP contribution in [0.5, 0.6) is 5.75 Å². The largest absolute Gasteiger partial charge is 0.496 e. The Bertz CT molecular complexity index is 433. The average molecular weight is 264 g/mol. The molecule has 0 heterocycles. The summed E-state index contributed by atoms with van der Waals surface area (Å²) in [7, 11) is 5.92. The minimum atomic E-state index is -0.211. The maximum absolute atomic E-state index is 6.22. The number of benzene rings is 1. The van der Waals surface area contributed by atoms with Gasteiger partial charge in [0.2, 0.25) is 0 Å². The van der Waals surface area contributed by atoms with Crippen LogP contribution in [0.4, 0.5) is 0 Å². The predicted octanol–water partition coefficient (Wildman–Crippen LogP) is 3.04. The van der Waals surface area contributed by atoms with Crippen LogP contribution in [0.25, 0.3) is 0 Å². The van der Waals surface area contributed by atoms with Gasteiger partial charge in [0, 0.05) is 17.1 Å². The Morgan fingerprint density at radius 1 is 1.26 bits per heavy atom. The van der Waals surface area contributed by atoms with Gasteiger partial charge in [0.1, 0.15) is 5.75 Å². The summed E-state index contributed by atoms with van der Waals surface area (Å²) in [5.41, 5.74) is 9.74. The molecule has 0 fully saturated rings. The van der Waals surface area contributed by atoms with Gasteiger partial charge in [-0.05, 0) is 65.4 Å². The van der Waals surface area contributed by atoms with Crippen molar-refractivity contribution < 1.29 is 4.74 Å². The first-order chi connectivity index (χ1) is 8.65. The van der Waals surface area contributed by atoms with Crippen molar-refractivity contribution in [3.8, 4) is 5.75 Å². The fourth-order valence-corrected chi connectivity index (χ4v) is 2.58. The molecule has 0 aliphatic heterocycles. The number of aryl methyl sites for hydroxylation is 2. The molecule has 19 heavy (non-hydrogen) atoms. The molecule has 1 aromatic rings. The van der Waals surface area contributed by atoms with Crippen molar-refractivity contribution in [2.75, 3.05) is 21.2 Å². The van der Waals surface area contributed by atoms with Gasteiger partial charge in [0.15, 0.2) is 0 Å². The summed E-state index contributed by atoms with van der Waals surface area (Å²) in [4.78, 5) is 2.22. The summed E-state index contributed by atoms with van der Waals surface area (Å²) in [5.74, 6) is 0.959. The van der Waals surface area contributed by atoms with Gasteiger partial charge in [0.05, 0.1) is 7.11 Å². The summed E-state index contributed by atoms with van der Waals surface area (Å²) >= 11 is 0. The van der Waals surface area contributed by atoms with Crippen molar-refractivity contribution in [1.82, 2.24) is 4.90 Å². The summed E-state index contributed by atoms with van der Waals surface area (Å²) in [5, 5.41) is 0. The smallest absolute Gasteiger partial charge is 0.124 e. The van der Waals surface area contributed by atoms with Crippen molar-refractivity contribution in [2.24, 2.45) is 5.73 Å². The van der Waals surface area contributed by atoms with E-state index in [0.29, 0.717) is 0 Å². The fourth-order valence-electron chi connectivity index (χ4n) is 2.58. The molecule has 0 aromatic heterocycles. The molecule has 0 aliphatic rings. The van der Waals surface area contributed by atoms with Crippen LogP contribution in [0.3, 0.4) is 0 Å². The summed E-state index contributed by atoms with van der Waals surface area (Å²) in [6, 6.07) is 4.57. The highest BCUT2D eigenvalue weighted by Crippen LogP contribution is 2.36. The lowest BCUT2D eigenvalue weighted by molar-refractivity contribution is 0.236. The molecule has 0 bridgehead atoms. The van der Waals surface area contributed by atoms with E-state index < -0.39 is 0 Å². The molecule has 0 radical (unpaired) electrons. The van der Waals surface area contributed by atoms with Gasteiger partial charge < -0.3 is 15.4 Å². The monoisotopic (exact) mass is 264 g/mol. The van der Waals surface area contributed by atoms with Crippen LogP contribution in [-0.2, 0) is 0 Å². The van der Waals surface area contributed by atoms with Gasteiger partial charge in [-0.15, -0.1) is 0 Å². The van der Waals surface area contributed by atoms with E-state index in [2.05, 4.69) is 58.8 Å². The van der Waals surface area contributed by atoms with Crippen LogP contribution in [0, 0.1) is 13.8 Å². The second-order valence-electron chi connectivity index (χ2n) is 6.37. The molecular formula is C16H28N2O. The molecule has 2 N–H and O–H groups in total. The number of nitrogens with zero attached hydrogens (tertiary/aromatic N) is 1. The molecule has 1 rings (SSSR count). The highest BCUT2D eigenvalue weighted by molar-refractivity contribution is 5.45. The van der Waals surface area contributed by atoms with Crippen LogP contribution in [0.15, 0.2) is 12.1 Å². The Morgan fingerprint density at radius 3 is 2.26 bits per heavy atom. The van der Waals surface area contributed by atoms with Crippen molar-refractivity contribution in [2.45, 2.75) is 45.7 Å². The zero-order valence-corrected chi connectivity index (χ0v) is 13.4. The standard InChI is InChI=1S/C16H28N2O/c1-11-8-12(2)15(14(9-11)19-7)13(18(5)6)10-16(3,4)17/h8-9,13H,10,17H2,1-7H3. The highest BCUT2D eigenvalue weighted by Gasteiger charge is 2.26. The van der Waals surface area contributed by atoms with E-state index in [9.17, 15) is 0 Å². The maximum Gasteiger partial charge on any atom is 0.124 e. The van der Waals surface area contributed by atoms with Gasteiger partial charge in [-0.2, -0.15) is 0 Å². The summed E-state index contributed by atoms with van der Waals surface area (Å²) in [6.45, 7) is 8.38. The zero-order valence-electron chi connectivity index (χ0n) is 13.4. The first-order valence-electron chi connectivity index (χ1n) is 6.76. The van der Waals surface area contributed by atoms with Gasteiger partial charge in [-0.3, -0.25) is 0 Å². The first kappa shape index (κ1) is 16.0. The van der Waals surface area contributed by atoms with E-state index in [4.69, 9.17) is 10.5 Å². The van der Waals surface area contributed by atoms with Crippen LogP contribution < -0.4 is 10.5 Å². The van der Waals surface area contributed by atoms with E-state index in [-0.39, 0.29) is 11.6 Å². The molecule has 108 valence electrons. The van der Waals surface area contributed by atoms with Crippen molar-refractivity contribution in [1.29, 1.82) is 0 Å². The third kappa shape index (κ3) is 4.22. The second-order valence-corrected chi connectivity index (χ2v) is 6.37. The predicted molar refractivity (Wildman–Crippen MR) is 81.8 cm³/mol. The van der Waals surface area contributed by atoms with Gasteiger partial charge in [0.25, 0.3) is 0 Å². The molecule has 0 spiro atoms. The lowest BCUT2D eigenvalue weighted by Gasteiger charge is -2.33. The molecular weight excluding hydrogens is 236 g/mol. The normalized spacial score (nSPS) is 13.7. The topological polar surface area (TPSA) is 38.5 Å². The van der Waals surface area contributed by atoms with Gasteiger partial charge in [-0.25, -0.2) is 0 Å². The maximum atomic E-state index is 6.22. The molecule has 3 heteroatoms. The molecule has 1 atom stereocenters. The lowest BCUT2D eigenvalue weighted by atomic mass is 9.88. The molecule has 0 saturated carbocycles. The number of ether oxygens (including phenoxy) is 1. The molecule has 0 amide bonds. The third-order valence-corrected chi connectivity index (χ3v) is 3.39. The SMILES string of the molecule is COc1cc(C)cc(C)c1C(CC(C)(C)N)N(C)C. The Kier molecular flexibility index (Phi) is 4.99. The Hall–Kier alpha value is -1.06. The van der Waals surface area contributed by atoms with E-state index >= 15 is 0 Å². The van der Waals surface area contributed by atoms with E-state index in [1.54, 1.807) is 7.11 Å². The van der Waals surface area contributed by atoms with E-state index in [1.165, 1.54) is 16.7 Å². The first-order valence-corrected chi connectivity index (χ1v) is 6.76. The van der Waals surface area contributed by atoms with Crippen molar-refractivity contribution >= 4 is 0 Å². The van der Waals surface area contributed by atoms with Crippen LogP contribution in [-0.4, -0.2) is 31.6 Å².